The second kappa shape index (κ2) is 9.45. The Kier molecular flexibility index (Phi) is 7.85. The summed E-state index contributed by atoms with van der Waals surface area (Å²) in [4.78, 5) is 33.9. The predicted octanol–water partition coefficient (Wildman–Crippen LogP) is 3.06. The Morgan fingerprint density at radius 3 is 2.00 bits per heavy atom. The van der Waals surface area contributed by atoms with Crippen LogP contribution < -0.4 is 5.32 Å². The van der Waals surface area contributed by atoms with Crippen molar-refractivity contribution in [2.45, 2.75) is 71.1 Å². The van der Waals surface area contributed by atoms with Crippen molar-refractivity contribution in [3.63, 3.8) is 0 Å². The van der Waals surface area contributed by atoms with E-state index in [9.17, 15) is 14.4 Å². The topological polar surface area (TPSA) is 63.2 Å². The zero-order chi connectivity index (χ0) is 14.8. The highest BCUT2D eigenvalue weighted by molar-refractivity contribution is 6.30. The Labute approximate surface area is 121 Å². The molecule has 1 N–H and O–H groups in total. The lowest BCUT2D eigenvalue weighted by atomic mass is 10.0. The summed E-state index contributed by atoms with van der Waals surface area (Å²) in [5.41, 5.74) is 0.0227. The fourth-order valence-electron chi connectivity index (χ4n) is 2.35. The number of imide groups is 1. The molecule has 4 nitrogen and oxygen atoms in total. The van der Waals surface area contributed by atoms with Crippen molar-refractivity contribution < 1.29 is 14.4 Å². The van der Waals surface area contributed by atoms with Gasteiger partial charge in [-0.15, -0.1) is 0 Å². The molecule has 1 aliphatic rings. The van der Waals surface area contributed by atoms with Gasteiger partial charge >= 0.3 is 0 Å². The van der Waals surface area contributed by atoms with Gasteiger partial charge < -0.3 is 0 Å². The van der Waals surface area contributed by atoms with Crippen LogP contribution in [0.2, 0.25) is 0 Å². The Morgan fingerprint density at radius 2 is 1.50 bits per heavy atom. The summed E-state index contributed by atoms with van der Waals surface area (Å²) in [5, 5.41) is 2.09. The van der Waals surface area contributed by atoms with E-state index in [-0.39, 0.29) is 11.4 Å². The molecule has 0 aromatic rings. The van der Waals surface area contributed by atoms with Crippen molar-refractivity contribution >= 4 is 17.6 Å². The number of carbonyl (C=O) groups excluding carboxylic acids is 3. The lowest BCUT2D eigenvalue weighted by Gasteiger charge is -2.02. The second-order valence-electron chi connectivity index (χ2n) is 5.38. The lowest BCUT2D eigenvalue weighted by molar-refractivity contribution is -0.125. The van der Waals surface area contributed by atoms with Crippen LogP contribution in [0, 0.1) is 0 Å². The van der Waals surface area contributed by atoms with Gasteiger partial charge in [-0.1, -0.05) is 58.3 Å². The predicted molar refractivity (Wildman–Crippen MR) is 78.1 cm³/mol. The summed E-state index contributed by atoms with van der Waals surface area (Å²) in [6.07, 6.45) is 12.2. The molecule has 0 aliphatic carbocycles. The molecule has 0 aromatic carbocycles. The minimum absolute atomic E-state index is 0.0227. The minimum atomic E-state index is -0.545. The number of rotatable bonds is 11. The number of Topliss-reactive ketones (excluding diaryl/α,β-unsaturated/α-hetero) is 1. The van der Waals surface area contributed by atoms with Crippen LogP contribution >= 0.6 is 0 Å². The van der Waals surface area contributed by atoms with E-state index >= 15 is 0 Å². The molecule has 0 unspecified atom stereocenters. The van der Waals surface area contributed by atoms with Crippen molar-refractivity contribution in [3.05, 3.63) is 11.6 Å². The second-order valence-corrected chi connectivity index (χ2v) is 5.38. The molecule has 1 heterocycles. The van der Waals surface area contributed by atoms with Gasteiger partial charge in [0.1, 0.15) is 0 Å². The average Bonchev–Trinajstić information content (AvgIpc) is 2.75. The van der Waals surface area contributed by atoms with Crippen LogP contribution in [0.25, 0.3) is 0 Å². The summed E-state index contributed by atoms with van der Waals surface area (Å²) in [7, 11) is 0. The number of unbranched alkanes of at least 4 members (excludes halogenated alkanes) is 8. The van der Waals surface area contributed by atoms with E-state index in [2.05, 4.69) is 12.2 Å². The number of carbonyl (C=O) groups is 3. The zero-order valence-corrected chi connectivity index (χ0v) is 12.4. The third-order valence-electron chi connectivity index (χ3n) is 3.56. The Bertz CT molecular complexity index is 385. The monoisotopic (exact) mass is 279 g/mol. The van der Waals surface area contributed by atoms with Crippen LogP contribution in [-0.2, 0) is 14.4 Å². The molecule has 2 amide bonds. The summed E-state index contributed by atoms with van der Waals surface area (Å²) in [5.74, 6) is -1.24. The molecule has 0 fully saturated rings. The first-order valence-electron chi connectivity index (χ1n) is 7.75. The Hall–Kier alpha value is -1.45. The van der Waals surface area contributed by atoms with Gasteiger partial charge in [0.25, 0.3) is 11.8 Å². The first kappa shape index (κ1) is 16.6. The highest BCUT2D eigenvalue weighted by Crippen LogP contribution is 2.13. The van der Waals surface area contributed by atoms with Crippen molar-refractivity contribution in [3.8, 4) is 0 Å². The van der Waals surface area contributed by atoms with Crippen LogP contribution in [0.4, 0.5) is 0 Å². The molecular formula is C16H25NO3. The summed E-state index contributed by atoms with van der Waals surface area (Å²) in [6, 6.07) is 0. The molecule has 0 bridgehead atoms. The van der Waals surface area contributed by atoms with Crippen LogP contribution in [0.15, 0.2) is 11.6 Å². The van der Waals surface area contributed by atoms with Gasteiger partial charge in [0.2, 0.25) is 0 Å². The fraction of sp³-hybridized carbons (Fsp3) is 0.688. The number of hydrogen-bond acceptors (Lipinski definition) is 3. The highest BCUT2D eigenvalue weighted by Gasteiger charge is 2.25. The molecule has 0 atom stereocenters. The van der Waals surface area contributed by atoms with Crippen LogP contribution in [0.5, 0.6) is 0 Å². The van der Waals surface area contributed by atoms with Crippen molar-refractivity contribution in [1.82, 2.24) is 5.32 Å². The molecular weight excluding hydrogens is 254 g/mol. The summed E-state index contributed by atoms with van der Waals surface area (Å²) in [6.45, 7) is 2.21. The molecule has 0 saturated heterocycles. The number of nitrogens with one attached hydrogen (secondary N) is 1. The molecule has 1 aliphatic heterocycles. The highest BCUT2D eigenvalue weighted by atomic mass is 16.2. The van der Waals surface area contributed by atoms with Crippen molar-refractivity contribution in [1.29, 1.82) is 0 Å². The van der Waals surface area contributed by atoms with E-state index in [0.29, 0.717) is 6.42 Å². The number of hydrogen-bond donors (Lipinski definition) is 1. The molecule has 20 heavy (non-hydrogen) atoms. The quantitative estimate of drug-likeness (QED) is 0.359. The van der Waals surface area contributed by atoms with Gasteiger partial charge in [-0.25, -0.2) is 0 Å². The first-order chi connectivity index (χ1) is 9.65. The molecule has 1 rings (SSSR count). The largest absolute Gasteiger partial charge is 0.294 e. The smallest absolute Gasteiger partial charge is 0.261 e. The SMILES string of the molecule is CCCCCCCCCCCC(=O)C1=CC(=O)NC1=O. The molecule has 0 saturated carbocycles. The van der Waals surface area contributed by atoms with Gasteiger partial charge in [-0.05, 0) is 6.42 Å². The van der Waals surface area contributed by atoms with Gasteiger partial charge in [0.05, 0.1) is 5.57 Å². The van der Waals surface area contributed by atoms with E-state index in [1.54, 1.807) is 0 Å². The third kappa shape index (κ3) is 6.13. The first-order valence-corrected chi connectivity index (χ1v) is 7.75. The zero-order valence-electron chi connectivity index (χ0n) is 12.4. The maximum absolute atomic E-state index is 11.7. The van der Waals surface area contributed by atoms with Crippen LogP contribution in [0.3, 0.4) is 0 Å². The Balaban J connectivity index is 2.01. The fourth-order valence-corrected chi connectivity index (χ4v) is 2.35. The number of ketones is 1. The normalized spacial score (nSPS) is 14.3. The third-order valence-corrected chi connectivity index (χ3v) is 3.56. The molecule has 4 heteroatoms. The lowest BCUT2D eigenvalue weighted by Crippen LogP contribution is -2.24. The van der Waals surface area contributed by atoms with E-state index in [0.717, 1.165) is 25.3 Å². The molecule has 112 valence electrons. The summed E-state index contributed by atoms with van der Waals surface area (Å²) < 4.78 is 0. The van der Waals surface area contributed by atoms with E-state index in [1.807, 2.05) is 0 Å². The van der Waals surface area contributed by atoms with E-state index < -0.39 is 11.8 Å². The average molecular weight is 279 g/mol. The number of amides is 2. The van der Waals surface area contributed by atoms with Crippen LogP contribution in [0.1, 0.15) is 71.1 Å². The summed E-state index contributed by atoms with van der Waals surface area (Å²) >= 11 is 0. The van der Waals surface area contributed by atoms with Gasteiger partial charge in [0.15, 0.2) is 5.78 Å². The maximum atomic E-state index is 11.7. The molecule has 0 aromatic heterocycles. The van der Waals surface area contributed by atoms with Gasteiger partial charge in [-0.2, -0.15) is 0 Å². The minimum Gasteiger partial charge on any atom is -0.294 e. The van der Waals surface area contributed by atoms with E-state index in [4.69, 9.17) is 0 Å². The van der Waals surface area contributed by atoms with Crippen LogP contribution in [-0.4, -0.2) is 17.6 Å². The molecule has 0 spiro atoms. The van der Waals surface area contributed by atoms with Gasteiger partial charge in [0, 0.05) is 12.5 Å². The van der Waals surface area contributed by atoms with E-state index in [1.165, 1.54) is 38.5 Å². The van der Waals surface area contributed by atoms with Gasteiger partial charge in [-0.3, -0.25) is 19.7 Å². The van der Waals surface area contributed by atoms with Crippen molar-refractivity contribution in [2.75, 3.05) is 0 Å². The molecule has 0 radical (unpaired) electrons. The Morgan fingerprint density at radius 1 is 0.950 bits per heavy atom. The van der Waals surface area contributed by atoms with Crippen molar-refractivity contribution in [2.24, 2.45) is 0 Å². The maximum Gasteiger partial charge on any atom is 0.261 e. The standard InChI is InChI=1S/C16H25NO3/c1-2-3-4-5-6-7-8-9-10-11-14(18)13-12-15(19)17-16(13)20/h12H,2-11H2,1H3,(H,17,19,20).